The Labute approximate surface area is 101 Å². The van der Waals surface area contributed by atoms with E-state index in [-0.39, 0.29) is 19.3 Å². The van der Waals surface area contributed by atoms with Gasteiger partial charge in [-0.25, -0.2) is 0 Å². The maximum absolute atomic E-state index is 14.3. The van der Waals surface area contributed by atoms with Crippen molar-refractivity contribution < 1.29 is 4.39 Å². The molecule has 76 valence electrons. The van der Waals surface area contributed by atoms with Gasteiger partial charge in [0.05, 0.1) is 0 Å². The summed E-state index contributed by atoms with van der Waals surface area (Å²) in [7, 11) is 0. The van der Waals surface area contributed by atoms with Crippen molar-refractivity contribution in [3.8, 4) is 0 Å². The molecule has 1 aromatic carbocycles. The molecule has 1 aliphatic carbocycles. The van der Waals surface area contributed by atoms with Crippen molar-refractivity contribution in [3.63, 3.8) is 0 Å². The molecule has 2 saturated heterocycles. The van der Waals surface area contributed by atoms with Crippen LogP contribution in [0.1, 0.15) is 5.56 Å². The van der Waals surface area contributed by atoms with E-state index >= 15 is 0 Å². The fourth-order valence-corrected chi connectivity index (χ4v) is 9.53. The summed E-state index contributed by atoms with van der Waals surface area (Å²) in [5.74, 6) is 0. The van der Waals surface area contributed by atoms with Crippen molar-refractivity contribution in [1.82, 2.24) is 0 Å². The third-order valence-corrected chi connectivity index (χ3v) is 10.5. The molecule has 0 N–H and O–H groups in total. The predicted molar refractivity (Wildman–Crippen MR) is 60.1 cm³/mol. The molecule has 0 saturated carbocycles. The van der Waals surface area contributed by atoms with Crippen molar-refractivity contribution in [1.29, 1.82) is 0 Å². The number of alkyl halides is 1. The van der Waals surface area contributed by atoms with E-state index in [1.807, 2.05) is 6.07 Å². The Kier molecular flexibility index (Phi) is 1.56. The molecule has 2 fully saturated rings. The van der Waals surface area contributed by atoms with E-state index in [0.717, 1.165) is 0 Å². The van der Waals surface area contributed by atoms with Gasteiger partial charge in [0.25, 0.3) is 0 Å². The standard InChI is InChI=1S/C12H9FSe2/c13-12-9(14-12)6-7-11(10(12)15-11)8-4-2-1-3-5-8/h1-7,9-10H. The number of allylic oxidation sites excluding steroid dienone is 2. The van der Waals surface area contributed by atoms with Crippen LogP contribution < -0.4 is 0 Å². The van der Waals surface area contributed by atoms with Crippen molar-refractivity contribution in [2.24, 2.45) is 0 Å². The summed E-state index contributed by atoms with van der Waals surface area (Å²) in [5.41, 5.74) is 1.34. The molecule has 2 heterocycles. The number of hydrogen-bond donors (Lipinski definition) is 0. The minimum absolute atomic E-state index is 0.137. The van der Waals surface area contributed by atoms with Crippen LogP contribution in [0.4, 0.5) is 4.39 Å². The van der Waals surface area contributed by atoms with E-state index in [9.17, 15) is 4.39 Å². The monoisotopic (exact) mass is 332 g/mol. The summed E-state index contributed by atoms with van der Waals surface area (Å²) in [6.07, 6.45) is 4.46. The summed E-state index contributed by atoms with van der Waals surface area (Å²) in [6.45, 7) is 0. The minimum atomic E-state index is -0.752. The SMILES string of the molecule is FC12[Se]C1C=CC1(c3ccccc3)[Se]C12. The van der Waals surface area contributed by atoms with Crippen LogP contribution in [0.3, 0.4) is 0 Å². The van der Waals surface area contributed by atoms with Crippen LogP contribution in [0.5, 0.6) is 0 Å². The number of hydrogen-bond acceptors (Lipinski definition) is 0. The first-order chi connectivity index (χ1) is 7.26. The van der Waals surface area contributed by atoms with Crippen molar-refractivity contribution in [3.05, 3.63) is 48.0 Å². The van der Waals surface area contributed by atoms with Gasteiger partial charge >= 0.3 is 101 Å². The maximum atomic E-state index is 14.3. The molecule has 15 heavy (non-hydrogen) atoms. The normalized spacial score (nSPS) is 49.4. The Morgan fingerprint density at radius 1 is 1.13 bits per heavy atom. The summed E-state index contributed by atoms with van der Waals surface area (Å²) in [4.78, 5) is 0.672. The fraction of sp³-hybridized carbons (Fsp3) is 0.333. The van der Waals surface area contributed by atoms with Crippen LogP contribution in [0, 0.1) is 0 Å². The summed E-state index contributed by atoms with van der Waals surface area (Å²) in [5, 5.41) is 0. The zero-order valence-corrected chi connectivity index (χ0v) is 11.3. The van der Waals surface area contributed by atoms with Gasteiger partial charge in [0, 0.05) is 0 Å². The molecule has 3 heteroatoms. The Morgan fingerprint density at radius 2 is 1.93 bits per heavy atom. The summed E-state index contributed by atoms with van der Waals surface area (Å²) >= 11 is 0.690. The van der Waals surface area contributed by atoms with Gasteiger partial charge in [-0.2, -0.15) is 0 Å². The first-order valence-electron chi connectivity index (χ1n) is 5.05. The molecule has 4 atom stereocenters. The van der Waals surface area contributed by atoms with Gasteiger partial charge in [0.2, 0.25) is 0 Å². The van der Waals surface area contributed by atoms with Crippen LogP contribution in [-0.4, -0.2) is 34.5 Å². The Morgan fingerprint density at radius 3 is 2.73 bits per heavy atom. The molecule has 0 aromatic heterocycles. The van der Waals surface area contributed by atoms with Gasteiger partial charge in [0.1, 0.15) is 0 Å². The molecule has 1 aromatic rings. The number of rotatable bonds is 1. The first kappa shape index (κ1) is 9.01. The molecule has 3 aliphatic rings. The summed E-state index contributed by atoms with van der Waals surface area (Å²) < 4.78 is 13.7. The topological polar surface area (TPSA) is 0 Å². The van der Waals surface area contributed by atoms with E-state index < -0.39 is 4.57 Å². The van der Waals surface area contributed by atoms with Crippen molar-refractivity contribution in [2.75, 3.05) is 0 Å². The molecule has 0 spiro atoms. The van der Waals surface area contributed by atoms with Gasteiger partial charge in [-0.1, -0.05) is 0 Å². The molecule has 4 rings (SSSR count). The average molecular weight is 330 g/mol. The molecule has 0 nitrogen and oxygen atoms in total. The van der Waals surface area contributed by atoms with E-state index in [0.29, 0.717) is 24.6 Å². The molecule has 4 unspecified atom stereocenters. The molecule has 0 amide bonds. The number of fused-ring (bicyclic) bond motifs is 3. The Hall–Kier alpha value is -0.0710. The van der Waals surface area contributed by atoms with Gasteiger partial charge in [-0.3, -0.25) is 0 Å². The van der Waals surface area contributed by atoms with Crippen LogP contribution in [0.15, 0.2) is 42.5 Å². The quantitative estimate of drug-likeness (QED) is 0.547. The Bertz CT molecular complexity index is 458. The molecule has 2 aliphatic heterocycles. The van der Waals surface area contributed by atoms with Gasteiger partial charge in [-0.05, 0) is 0 Å². The van der Waals surface area contributed by atoms with Crippen molar-refractivity contribution in [2.45, 2.75) is 18.5 Å². The molecule has 0 radical (unpaired) electrons. The van der Waals surface area contributed by atoms with Crippen LogP contribution in [0.25, 0.3) is 0 Å². The predicted octanol–water partition coefficient (Wildman–Crippen LogP) is 2.13. The van der Waals surface area contributed by atoms with Crippen LogP contribution >= 0.6 is 0 Å². The fourth-order valence-electron chi connectivity index (χ4n) is 2.45. The van der Waals surface area contributed by atoms with Gasteiger partial charge in [-0.15, -0.1) is 0 Å². The van der Waals surface area contributed by atoms with Crippen molar-refractivity contribution >= 4 is 29.9 Å². The second-order valence-corrected chi connectivity index (χ2v) is 10.0. The summed E-state index contributed by atoms with van der Waals surface area (Å²) in [6, 6.07) is 10.5. The second kappa shape index (κ2) is 2.60. The van der Waals surface area contributed by atoms with E-state index in [1.54, 1.807) is 0 Å². The third kappa shape index (κ3) is 1.03. The molecular formula is C12H9FSe2. The van der Waals surface area contributed by atoms with E-state index in [2.05, 4.69) is 36.4 Å². The average Bonchev–Trinajstić information content (AvgIpc) is 3.11. The Balaban J connectivity index is 1.81. The zero-order valence-electron chi connectivity index (χ0n) is 7.89. The zero-order chi connectivity index (χ0) is 10.1. The van der Waals surface area contributed by atoms with E-state index in [4.69, 9.17) is 0 Å². The molecular weight excluding hydrogens is 321 g/mol. The third-order valence-electron chi connectivity index (χ3n) is 3.38. The number of halogens is 1. The molecule has 0 bridgehead atoms. The second-order valence-electron chi connectivity index (χ2n) is 4.25. The van der Waals surface area contributed by atoms with E-state index in [1.165, 1.54) is 5.56 Å². The van der Waals surface area contributed by atoms with Crippen LogP contribution in [0.2, 0.25) is 9.63 Å². The number of benzene rings is 1. The first-order valence-corrected chi connectivity index (χ1v) is 8.74. The van der Waals surface area contributed by atoms with Gasteiger partial charge in [0.15, 0.2) is 0 Å². The van der Waals surface area contributed by atoms with Gasteiger partial charge < -0.3 is 0 Å². The van der Waals surface area contributed by atoms with Crippen LogP contribution in [-0.2, 0) is 4.31 Å².